The fourth-order valence-corrected chi connectivity index (χ4v) is 2.24. The van der Waals surface area contributed by atoms with Gasteiger partial charge in [-0.05, 0) is 12.1 Å². The minimum atomic E-state index is -0.613. The molecule has 26 heavy (non-hydrogen) atoms. The van der Waals surface area contributed by atoms with Crippen LogP contribution < -0.4 is 4.74 Å². The maximum Gasteiger partial charge on any atom is 0.308 e. The Morgan fingerprint density at radius 1 is 0.654 bits per heavy atom. The summed E-state index contributed by atoms with van der Waals surface area (Å²) in [6.07, 6.45) is 0. The second-order valence-electron chi connectivity index (χ2n) is 5.30. The molecule has 2 aromatic carbocycles. The molecule has 0 aliphatic carbocycles. The first-order chi connectivity index (χ1) is 12.4. The predicted molar refractivity (Wildman–Crippen MR) is 94.5 cm³/mol. The third-order valence-electron chi connectivity index (χ3n) is 3.12. The van der Waals surface area contributed by atoms with Crippen LogP contribution in [0.25, 0.3) is 11.5 Å². The van der Waals surface area contributed by atoms with Crippen molar-refractivity contribution in [1.82, 2.24) is 0 Å². The van der Waals surface area contributed by atoms with Crippen LogP contribution in [0.1, 0.15) is 31.9 Å². The molecule has 2 rings (SSSR count). The largest absolute Gasteiger partial charge is 0.426 e. The van der Waals surface area contributed by atoms with Crippen molar-refractivity contribution >= 4 is 29.4 Å². The molecule has 0 heterocycles. The summed E-state index contributed by atoms with van der Waals surface area (Å²) in [6.45, 7) is 3.73. The summed E-state index contributed by atoms with van der Waals surface area (Å²) in [5.41, 5.74) is 0.828. The Labute approximate surface area is 151 Å². The number of para-hydroxylation sites is 1. The lowest BCUT2D eigenvalue weighted by atomic mass is 10.1. The first kappa shape index (κ1) is 18.9. The lowest BCUT2D eigenvalue weighted by Gasteiger charge is -2.16. The zero-order valence-corrected chi connectivity index (χ0v) is 14.6. The van der Waals surface area contributed by atoms with Crippen LogP contribution in [0.2, 0.25) is 0 Å². The summed E-state index contributed by atoms with van der Waals surface area (Å²) < 4.78 is 15.9. The Balaban J connectivity index is 2.74. The average molecular weight is 354 g/mol. The topological polar surface area (TPSA) is 78.9 Å². The van der Waals surface area contributed by atoms with Crippen molar-refractivity contribution in [3.05, 3.63) is 65.7 Å². The van der Waals surface area contributed by atoms with Crippen molar-refractivity contribution in [1.29, 1.82) is 0 Å². The highest BCUT2D eigenvalue weighted by Crippen LogP contribution is 2.34. The van der Waals surface area contributed by atoms with Crippen molar-refractivity contribution in [2.75, 3.05) is 0 Å². The van der Waals surface area contributed by atoms with E-state index >= 15 is 0 Å². The molecule has 0 N–H and O–H groups in total. The molecule has 0 aromatic heterocycles. The molecule has 0 unspecified atom stereocenters. The van der Waals surface area contributed by atoms with Gasteiger partial charge < -0.3 is 14.2 Å². The van der Waals surface area contributed by atoms with E-state index in [1.54, 1.807) is 54.6 Å². The van der Waals surface area contributed by atoms with E-state index in [9.17, 15) is 14.4 Å². The van der Waals surface area contributed by atoms with E-state index in [4.69, 9.17) is 14.2 Å². The molecule has 0 aliphatic heterocycles. The molecule has 0 radical (unpaired) electrons. The van der Waals surface area contributed by atoms with Crippen LogP contribution in [0.5, 0.6) is 5.75 Å². The SMILES string of the molecule is CC(=O)OC(=C(OC(C)=O)c1ccccc1OC(C)=O)c1ccccc1. The van der Waals surface area contributed by atoms with Crippen LogP contribution in [0.15, 0.2) is 54.6 Å². The molecule has 0 saturated heterocycles. The predicted octanol–water partition coefficient (Wildman–Crippen LogP) is 3.56. The minimum Gasteiger partial charge on any atom is -0.426 e. The molecule has 0 atom stereocenters. The number of rotatable bonds is 5. The zero-order chi connectivity index (χ0) is 19.1. The van der Waals surface area contributed by atoms with Crippen molar-refractivity contribution in [2.24, 2.45) is 0 Å². The summed E-state index contributed by atoms with van der Waals surface area (Å²) in [5, 5.41) is 0. The molecule has 2 aromatic rings. The molecule has 0 amide bonds. The van der Waals surface area contributed by atoms with E-state index in [0.29, 0.717) is 11.1 Å². The molecular formula is C20H18O6. The van der Waals surface area contributed by atoms with Crippen molar-refractivity contribution in [3.63, 3.8) is 0 Å². The van der Waals surface area contributed by atoms with Crippen LogP contribution in [0.4, 0.5) is 0 Å². The second-order valence-corrected chi connectivity index (χ2v) is 5.30. The van der Waals surface area contributed by atoms with E-state index in [1.165, 1.54) is 20.8 Å². The van der Waals surface area contributed by atoms with Crippen molar-refractivity contribution in [3.8, 4) is 5.75 Å². The molecule has 0 fully saturated rings. The van der Waals surface area contributed by atoms with Gasteiger partial charge in [0.25, 0.3) is 0 Å². The summed E-state index contributed by atoms with van der Waals surface area (Å²) in [7, 11) is 0. The average Bonchev–Trinajstić information content (AvgIpc) is 2.58. The molecule has 6 heteroatoms. The van der Waals surface area contributed by atoms with Gasteiger partial charge in [0.05, 0.1) is 5.56 Å². The van der Waals surface area contributed by atoms with Gasteiger partial charge in [0.15, 0.2) is 11.5 Å². The molecule has 0 saturated carbocycles. The monoisotopic (exact) mass is 354 g/mol. The maximum absolute atomic E-state index is 11.7. The van der Waals surface area contributed by atoms with Gasteiger partial charge in [0.2, 0.25) is 0 Å². The highest BCUT2D eigenvalue weighted by Gasteiger charge is 2.22. The third-order valence-corrected chi connectivity index (χ3v) is 3.12. The third kappa shape index (κ3) is 5.04. The van der Waals surface area contributed by atoms with Crippen molar-refractivity contribution < 1.29 is 28.6 Å². The fourth-order valence-electron chi connectivity index (χ4n) is 2.24. The zero-order valence-electron chi connectivity index (χ0n) is 14.6. The van der Waals surface area contributed by atoms with Gasteiger partial charge in [-0.3, -0.25) is 14.4 Å². The Morgan fingerprint density at radius 3 is 1.77 bits per heavy atom. The lowest BCUT2D eigenvalue weighted by molar-refractivity contribution is -0.136. The number of carbonyl (C=O) groups is 3. The van der Waals surface area contributed by atoms with Gasteiger partial charge in [0.1, 0.15) is 5.75 Å². The summed E-state index contributed by atoms with van der Waals surface area (Å²) in [4.78, 5) is 34.7. The molecule has 0 spiro atoms. The van der Waals surface area contributed by atoms with Gasteiger partial charge >= 0.3 is 17.9 Å². The summed E-state index contributed by atoms with van der Waals surface area (Å²) in [6, 6.07) is 15.2. The first-order valence-corrected chi connectivity index (χ1v) is 7.83. The number of hydrogen-bond acceptors (Lipinski definition) is 6. The minimum absolute atomic E-state index is 0.0178. The van der Waals surface area contributed by atoms with Gasteiger partial charge in [-0.1, -0.05) is 42.5 Å². The molecule has 134 valence electrons. The first-order valence-electron chi connectivity index (χ1n) is 7.83. The number of carbonyl (C=O) groups excluding carboxylic acids is 3. The summed E-state index contributed by atoms with van der Waals surface area (Å²) in [5.74, 6) is -1.52. The fraction of sp³-hybridized carbons (Fsp3) is 0.150. The number of benzene rings is 2. The second kappa shape index (κ2) is 8.62. The number of hydrogen-bond donors (Lipinski definition) is 0. The number of esters is 3. The summed E-state index contributed by atoms with van der Waals surface area (Å²) >= 11 is 0. The van der Waals surface area contributed by atoms with Crippen LogP contribution in [-0.4, -0.2) is 17.9 Å². The lowest BCUT2D eigenvalue weighted by Crippen LogP contribution is -2.09. The Morgan fingerprint density at radius 2 is 1.19 bits per heavy atom. The molecular weight excluding hydrogens is 336 g/mol. The van der Waals surface area contributed by atoms with Crippen LogP contribution in [-0.2, 0) is 23.9 Å². The van der Waals surface area contributed by atoms with Gasteiger partial charge in [0, 0.05) is 26.3 Å². The van der Waals surface area contributed by atoms with E-state index in [1.807, 2.05) is 0 Å². The normalized spacial score (nSPS) is 11.2. The van der Waals surface area contributed by atoms with Crippen molar-refractivity contribution in [2.45, 2.75) is 20.8 Å². The molecule has 0 bridgehead atoms. The van der Waals surface area contributed by atoms with E-state index in [-0.39, 0.29) is 17.3 Å². The standard InChI is InChI=1S/C20H18O6/c1-13(21)24-18-12-8-7-11-17(18)20(26-15(3)23)19(25-14(2)22)16-9-5-4-6-10-16/h4-12H,1-3H3. The Hall–Kier alpha value is -3.41. The van der Waals surface area contributed by atoms with Gasteiger partial charge in [-0.15, -0.1) is 0 Å². The van der Waals surface area contributed by atoms with E-state index in [2.05, 4.69) is 0 Å². The Bertz CT molecular complexity index is 852. The quantitative estimate of drug-likeness (QED) is 0.353. The van der Waals surface area contributed by atoms with Crippen LogP contribution >= 0.6 is 0 Å². The highest BCUT2D eigenvalue weighted by molar-refractivity contribution is 5.94. The van der Waals surface area contributed by atoms with E-state index in [0.717, 1.165) is 0 Å². The highest BCUT2D eigenvalue weighted by atomic mass is 16.6. The van der Waals surface area contributed by atoms with E-state index < -0.39 is 17.9 Å². The molecule has 6 nitrogen and oxygen atoms in total. The number of ether oxygens (including phenoxy) is 3. The molecule has 0 aliphatic rings. The Kier molecular flexibility index (Phi) is 6.27. The van der Waals surface area contributed by atoms with Crippen LogP contribution in [0, 0.1) is 0 Å². The van der Waals surface area contributed by atoms with Gasteiger partial charge in [-0.2, -0.15) is 0 Å². The van der Waals surface area contributed by atoms with Crippen LogP contribution in [0.3, 0.4) is 0 Å². The maximum atomic E-state index is 11.7. The van der Waals surface area contributed by atoms with Gasteiger partial charge in [-0.25, -0.2) is 0 Å². The smallest absolute Gasteiger partial charge is 0.308 e.